The maximum absolute atomic E-state index is 5.91. The second-order valence-electron chi connectivity index (χ2n) is 3.10. The number of para-hydroxylation sites is 1. The van der Waals surface area contributed by atoms with Crippen LogP contribution in [0.1, 0.15) is 0 Å². The zero-order chi connectivity index (χ0) is 9.97. The SMILES string of the molecule is Nc1ccccc1-c1cccc(Cl)c1. The quantitative estimate of drug-likeness (QED) is 0.705. The Kier molecular flexibility index (Phi) is 2.42. The van der Waals surface area contributed by atoms with Crippen molar-refractivity contribution >= 4 is 17.3 Å². The Morgan fingerprint density at radius 3 is 2.43 bits per heavy atom. The van der Waals surface area contributed by atoms with E-state index in [1.807, 2.05) is 48.5 Å². The zero-order valence-electron chi connectivity index (χ0n) is 7.57. The molecule has 70 valence electrons. The van der Waals surface area contributed by atoms with Crippen molar-refractivity contribution < 1.29 is 0 Å². The van der Waals surface area contributed by atoms with Crippen LogP contribution in [0.2, 0.25) is 5.02 Å². The highest BCUT2D eigenvalue weighted by atomic mass is 35.5. The Balaban J connectivity index is 2.55. The van der Waals surface area contributed by atoms with Crippen molar-refractivity contribution in [1.29, 1.82) is 0 Å². The first-order valence-electron chi connectivity index (χ1n) is 4.38. The van der Waals surface area contributed by atoms with E-state index in [9.17, 15) is 0 Å². The summed E-state index contributed by atoms with van der Waals surface area (Å²) in [5.41, 5.74) is 8.71. The molecule has 2 N–H and O–H groups in total. The van der Waals surface area contributed by atoms with Gasteiger partial charge in [-0.3, -0.25) is 0 Å². The predicted octanol–water partition coefficient (Wildman–Crippen LogP) is 3.59. The van der Waals surface area contributed by atoms with Crippen molar-refractivity contribution in [1.82, 2.24) is 0 Å². The highest BCUT2D eigenvalue weighted by Crippen LogP contribution is 2.27. The highest BCUT2D eigenvalue weighted by molar-refractivity contribution is 6.30. The summed E-state index contributed by atoms with van der Waals surface area (Å²) in [4.78, 5) is 0. The Bertz CT molecular complexity index is 452. The highest BCUT2D eigenvalue weighted by Gasteiger charge is 2.00. The van der Waals surface area contributed by atoms with E-state index in [2.05, 4.69) is 0 Å². The van der Waals surface area contributed by atoms with Gasteiger partial charge in [-0.05, 0) is 23.8 Å². The van der Waals surface area contributed by atoms with E-state index in [0.717, 1.165) is 21.8 Å². The first kappa shape index (κ1) is 9.10. The molecule has 0 aliphatic carbocycles. The molecule has 0 fully saturated rings. The van der Waals surface area contributed by atoms with E-state index >= 15 is 0 Å². The molecule has 2 aromatic rings. The minimum atomic E-state index is 0.728. The van der Waals surface area contributed by atoms with Crippen molar-refractivity contribution in [2.24, 2.45) is 0 Å². The van der Waals surface area contributed by atoms with Gasteiger partial charge in [0.25, 0.3) is 0 Å². The zero-order valence-corrected chi connectivity index (χ0v) is 8.33. The fourth-order valence-electron chi connectivity index (χ4n) is 1.42. The lowest BCUT2D eigenvalue weighted by atomic mass is 10.0. The number of nitrogen functional groups attached to an aromatic ring is 1. The smallest absolute Gasteiger partial charge is 0.0412 e. The molecule has 0 radical (unpaired) electrons. The van der Waals surface area contributed by atoms with Crippen LogP contribution in [0.25, 0.3) is 11.1 Å². The standard InChI is InChI=1S/C12H10ClN/c13-10-5-3-4-9(8-10)11-6-1-2-7-12(11)14/h1-8H,14H2. The van der Waals surface area contributed by atoms with E-state index in [0.29, 0.717) is 0 Å². The van der Waals surface area contributed by atoms with Crippen LogP contribution < -0.4 is 5.73 Å². The fraction of sp³-hybridized carbons (Fsp3) is 0. The summed E-state index contributed by atoms with van der Waals surface area (Å²) < 4.78 is 0. The molecule has 0 bridgehead atoms. The van der Waals surface area contributed by atoms with E-state index in [-0.39, 0.29) is 0 Å². The summed E-state index contributed by atoms with van der Waals surface area (Å²) >= 11 is 5.91. The Morgan fingerprint density at radius 2 is 1.71 bits per heavy atom. The van der Waals surface area contributed by atoms with E-state index in [1.54, 1.807) is 0 Å². The van der Waals surface area contributed by atoms with Gasteiger partial charge >= 0.3 is 0 Å². The molecule has 0 unspecified atom stereocenters. The molecule has 0 aromatic heterocycles. The molecule has 0 atom stereocenters. The second kappa shape index (κ2) is 3.72. The van der Waals surface area contributed by atoms with Gasteiger partial charge in [0.05, 0.1) is 0 Å². The molecule has 0 spiro atoms. The minimum absolute atomic E-state index is 0.728. The summed E-state index contributed by atoms with van der Waals surface area (Å²) in [6.07, 6.45) is 0. The Labute approximate surface area is 88.1 Å². The summed E-state index contributed by atoms with van der Waals surface area (Å²) in [6.45, 7) is 0. The van der Waals surface area contributed by atoms with Gasteiger partial charge in [0.2, 0.25) is 0 Å². The maximum Gasteiger partial charge on any atom is 0.0412 e. The van der Waals surface area contributed by atoms with Crippen LogP contribution in [0.4, 0.5) is 5.69 Å². The van der Waals surface area contributed by atoms with Crippen LogP contribution >= 0.6 is 11.6 Å². The van der Waals surface area contributed by atoms with E-state index in [1.165, 1.54) is 0 Å². The van der Waals surface area contributed by atoms with Gasteiger partial charge in [0.1, 0.15) is 0 Å². The average Bonchev–Trinajstić information content (AvgIpc) is 2.18. The topological polar surface area (TPSA) is 26.0 Å². The molecule has 0 amide bonds. The molecular formula is C12H10ClN. The molecule has 0 saturated carbocycles. The second-order valence-corrected chi connectivity index (χ2v) is 3.53. The lowest BCUT2D eigenvalue weighted by Crippen LogP contribution is -1.88. The van der Waals surface area contributed by atoms with Crippen LogP contribution in [0.5, 0.6) is 0 Å². The number of halogens is 1. The lowest BCUT2D eigenvalue weighted by Gasteiger charge is -2.05. The third-order valence-corrected chi connectivity index (χ3v) is 2.33. The Morgan fingerprint density at radius 1 is 0.929 bits per heavy atom. The van der Waals surface area contributed by atoms with Crippen LogP contribution in [-0.4, -0.2) is 0 Å². The number of nitrogens with two attached hydrogens (primary N) is 1. The van der Waals surface area contributed by atoms with Gasteiger partial charge in [-0.1, -0.05) is 41.9 Å². The molecular weight excluding hydrogens is 194 g/mol. The maximum atomic E-state index is 5.91. The van der Waals surface area contributed by atoms with Crippen LogP contribution in [-0.2, 0) is 0 Å². The summed E-state index contributed by atoms with van der Waals surface area (Å²) in [5.74, 6) is 0. The van der Waals surface area contributed by atoms with Crippen molar-refractivity contribution in [3.8, 4) is 11.1 Å². The van der Waals surface area contributed by atoms with Crippen molar-refractivity contribution in [3.63, 3.8) is 0 Å². The average molecular weight is 204 g/mol. The number of rotatable bonds is 1. The first-order chi connectivity index (χ1) is 6.77. The van der Waals surface area contributed by atoms with Crippen LogP contribution in [0, 0.1) is 0 Å². The van der Waals surface area contributed by atoms with Crippen molar-refractivity contribution in [2.45, 2.75) is 0 Å². The molecule has 2 aromatic carbocycles. The van der Waals surface area contributed by atoms with Gasteiger partial charge in [0.15, 0.2) is 0 Å². The lowest BCUT2D eigenvalue weighted by molar-refractivity contribution is 1.61. The van der Waals surface area contributed by atoms with Gasteiger partial charge in [-0.15, -0.1) is 0 Å². The molecule has 0 saturated heterocycles. The van der Waals surface area contributed by atoms with E-state index in [4.69, 9.17) is 17.3 Å². The molecule has 2 rings (SSSR count). The number of hydrogen-bond donors (Lipinski definition) is 1. The van der Waals surface area contributed by atoms with Crippen LogP contribution in [0.3, 0.4) is 0 Å². The van der Waals surface area contributed by atoms with Gasteiger partial charge in [-0.25, -0.2) is 0 Å². The molecule has 2 heteroatoms. The fourth-order valence-corrected chi connectivity index (χ4v) is 1.61. The first-order valence-corrected chi connectivity index (χ1v) is 4.75. The normalized spacial score (nSPS) is 10.1. The van der Waals surface area contributed by atoms with Crippen molar-refractivity contribution in [3.05, 3.63) is 53.6 Å². The molecule has 14 heavy (non-hydrogen) atoms. The van der Waals surface area contributed by atoms with E-state index < -0.39 is 0 Å². The molecule has 0 aliphatic rings. The predicted molar refractivity (Wildman–Crippen MR) is 61.3 cm³/mol. The third-order valence-electron chi connectivity index (χ3n) is 2.10. The van der Waals surface area contributed by atoms with Crippen LogP contribution in [0.15, 0.2) is 48.5 Å². The van der Waals surface area contributed by atoms with Gasteiger partial charge in [0, 0.05) is 16.3 Å². The van der Waals surface area contributed by atoms with Crippen molar-refractivity contribution in [2.75, 3.05) is 5.73 Å². The monoisotopic (exact) mass is 203 g/mol. The molecule has 1 nitrogen and oxygen atoms in total. The Hall–Kier alpha value is -1.47. The van der Waals surface area contributed by atoms with Gasteiger partial charge < -0.3 is 5.73 Å². The summed E-state index contributed by atoms with van der Waals surface area (Å²) in [6, 6.07) is 15.4. The van der Waals surface area contributed by atoms with Gasteiger partial charge in [-0.2, -0.15) is 0 Å². The summed E-state index contributed by atoms with van der Waals surface area (Å²) in [5, 5.41) is 0.728. The third kappa shape index (κ3) is 1.73. The molecule has 0 heterocycles. The number of benzene rings is 2. The summed E-state index contributed by atoms with van der Waals surface area (Å²) in [7, 11) is 0. The largest absolute Gasteiger partial charge is 0.398 e. The number of hydrogen-bond acceptors (Lipinski definition) is 1. The number of anilines is 1. The molecule has 0 aliphatic heterocycles. The minimum Gasteiger partial charge on any atom is -0.398 e.